The molecule has 2 aromatic rings. The first kappa shape index (κ1) is 24.4. The number of rotatable bonds is 9. The van der Waals surface area contributed by atoms with Crippen LogP contribution in [0.25, 0.3) is 0 Å². The topological polar surface area (TPSA) is 105 Å². The first-order chi connectivity index (χ1) is 15.7. The molecule has 2 amide bonds. The summed E-state index contributed by atoms with van der Waals surface area (Å²) in [5.41, 5.74) is 1.29. The Labute approximate surface area is 194 Å². The van der Waals surface area contributed by atoms with Crippen LogP contribution < -0.4 is 19.1 Å². The van der Waals surface area contributed by atoms with Gasteiger partial charge in [0.15, 0.2) is 11.5 Å². The Kier molecular flexibility index (Phi) is 7.80. The standard InChI is InChI=1S/C23H29N3O6S/c1-17(23(28)24-2)25(12-11-18-7-5-4-6-8-18)22(27)16-26(33(3,29)30)19-9-10-20-21(15-19)32-14-13-31-20/h4-10,15,17H,11-14,16H2,1-3H3,(H,24,28)/t17-/m0/s1. The number of hydrogen-bond acceptors (Lipinski definition) is 6. The van der Waals surface area contributed by atoms with Crippen LogP contribution in [-0.2, 0) is 26.0 Å². The van der Waals surface area contributed by atoms with Gasteiger partial charge in [-0.05, 0) is 31.0 Å². The van der Waals surface area contributed by atoms with Crippen molar-refractivity contribution in [1.29, 1.82) is 0 Å². The highest BCUT2D eigenvalue weighted by molar-refractivity contribution is 7.92. The number of nitrogens with zero attached hydrogens (tertiary/aromatic N) is 2. The van der Waals surface area contributed by atoms with Gasteiger partial charge in [-0.3, -0.25) is 13.9 Å². The molecule has 9 nitrogen and oxygen atoms in total. The molecular weight excluding hydrogens is 446 g/mol. The third-order valence-electron chi connectivity index (χ3n) is 5.39. The molecule has 10 heteroatoms. The minimum absolute atomic E-state index is 0.260. The average Bonchev–Trinajstić information content (AvgIpc) is 2.81. The summed E-state index contributed by atoms with van der Waals surface area (Å²) in [6, 6.07) is 13.5. The maximum Gasteiger partial charge on any atom is 0.244 e. The summed E-state index contributed by atoms with van der Waals surface area (Å²) in [6.45, 7) is 2.20. The van der Waals surface area contributed by atoms with Crippen LogP contribution in [0.15, 0.2) is 48.5 Å². The number of ether oxygens (including phenoxy) is 2. The van der Waals surface area contributed by atoms with Gasteiger partial charge in [0.1, 0.15) is 25.8 Å². The van der Waals surface area contributed by atoms with Gasteiger partial charge in [-0.1, -0.05) is 30.3 Å². The highest BCUT2D eigenvalue weighted by atomic mass is 32.2. The number of sulfonamides is 1. The van der Waals surface area contributed by atoms with E-state index in [2.05, 4.69) is 5.32 Å². The molecular formula is C23H29N3O6S. The Morgan fingerprint density at radius 2 is 1.73 bits per heavy atom. The van der Waals surface area contributed by atoms with E-state index in [0.29, 0.717) is 31.1 Å². The molecule has 33 heavy (non-hydrogen) atoms. The number of nitrogens with one attached hydrogen (secondary N) is 1. The lowest BCUT2D eigenvalue weighted by molar-refractivity contribution is -0.138. The molecule has 0 fully saturated rings. The number of hydrogen-bond donors (Lipinski definition) is 1. The van der Waals surface area contributed by atoms with E-state index >= 15 is 0 Å². The number of likely N-dealkylation sites (N-methyl/N-ethyl adjacent to an activating group) is 1. The van der Waals surface area contributed by atoms with Crippen LogP contribution in [0.1, 0.15) is 12.5 Å². The van der Waals surface area contributed by atoms with Crippen LogP contribution in [0, 0.1) is 0 Å². The van der Waals surface area contributed by atoms with Crippen molar-refractivity contribution in [2.75, 3.05) is 43.9 Å². The van der Waals surface area contributed by atoms with Gasteiger partial charge in [-0.15, -0.1) is 0 Å². The zero-order valence-corrected chi connectivity index (χ0v) is 19.8. The van der Waals surface area contributed by atoms with Crippen LogP contribution in [0.3, 0.4) is 0 Å². The Bertz CT molecular complexity index is 1090. The van der Waals surface area contributed by atoms with Gasteiger partial charge >= 0.3 is 0 Å². The quantitative estimate of drug-likeness (QED) is 0.588. The van der Waals surface area contributed by atoms with Gasteiger partial charge in [-0.2, -0.15) is 0 Å². The molecule has 2 aromatic carbocycles. The number of anilines is 1. The number of carbonyl (C=O) groups excluding carboxylic acids is 2. The van der Waals surface area contributed by atoms with Crippen molar-refractivity contribution in [1.82, 2.24) is 10.2 Å². The summed E-state index contributed by atoms with van der Waals surface area (Å²) in [7, 11) is -2.31. The molecule has 0 saturated carbocycles. The average molecular weight is 476 g/mol. The maximum atomic E-state index is 13.3. The Morgan fingerprint density at radius 3 is 2.36 bits per heavy atom. The summed E-state index contributed by atoms with van der Waals surface area (Å²) in [5.74, 6) is 0.117. The third-order valence-corrected chi connectivity index (χ3v) is 6.53. The molecule has 0 radical (unpaired) electrons. The molecule has 0 spiro atoms. The van der Waals surface area contributed by atoms with Gasteiger partial charge < -0.3 is 19.7 Å². The molecule has 0 saturated heterocycles. The minimum atomic E-state index is -3.80. The lowest BCUT2D eigenvalue weighted by Crippen LogP contribution is -2.51. The zero-order chi connectivity index (χ0) is 24.0. The highest BCUT2D eigenvalue weighted by Crippen LogP contribution is 2.34. The van der Waals surface area contributed by atoms with E-state index in [9.17, 15) is 18.0 Å². The predicted molar refractivity (Wildman–Crippen MR) is 125 cm³/mol. The Morgan fingerprint density at radius 1 is 1.06 bits per heavy atom. The van der Waals surface area contributed by atoms with Gasteiger partial charge in [0.05, 0.1) is 11.9 Å². The van der Waals surface area contributed by atoms with Crippen molar-refractivity contribution in [2.45, 2.75) is 19.4 Å². The maximum absolute atomic E-state index is 13.3. The van der Waals surface area contributed by atoms with Gasteiger partial charge in [-0.25, -0.2) is 8.42 Å². The van der Waals surface area contributed by atoms with E-state index in [-0.39, 0.29) is 18.1 Å². The van der Waals surface area contributed by atoms with Crippen molar-refractivity contribution in [2.24, 2.45) is 0 Å². The van der Waals surface area contributed by atoms with Crippen LogP contribution >= 0.6 is 0 Å². The van der Waals surface area contributed by atoms with Crippen molar-refractivity contribution < 1.29 is 27.5 Å². The second kappa shape index (κ2) is 10.6. The Balaban J connectivity index is 1.85. The van der Waals surface area contributed by atoms with E-state index < -0.39 is 28.5 Å². The number of carbonyl (C=O) groups is 2. The molecule has 0 aromatic heterocycles. The smallest absolute Gasteiger partial charge is 0.244 e. The summed E-state index contributed by atoms with van der Waals surface area (Å²) >= 11 is 0. The van der Waals surface area contributed by atoms with Crippen LogP contribution in [0.2, 0.25) is 0 Å². The minimum Gasteiger partial charge on any atom is -0.486 e. The molecule has 1 heterocycles. The van der Waals surface area contributed by atoms with Crippen molar-refractivity contribution in [3.8, 4) is 11.5 Å². The molecule has 0 bridgehead atoms. The molecule has 0 aliphatic carbocycles. The lowest BCUT2D eigenvalue weighted by atomic mass is 10.1. The van der Waals surface area contributed by atoms with Crippen molar-refractivity contribution in [3.05, 3.63) is 54.1 Å². The number of benzene rings is 2. The largest absolute Gasteiger partial charge is 0.486 e. The van der Waals surface area contributed by atoms with Crippen LogP contribution in [-0.4, -0.2) is 70.8 Å². The molecule has 3 rings (SSSR count). The molecule has 1 aliphatic rings. The van der Waals surface area contributed by atoms with E-state index in [4.69, 9.17) is 9.47 Å². The summed E-state index contributed by atoms with van der Waals surface area (Å²) in [4.78, 5) is 27.0. The first-order valence-electron chi connectivity index (χ1n) is 10.6. The molecule has 1 aliphatic heterocycles. The SMILES string of the molecule is CNC(=O)[C@H](C)N(CCc1ccccc1)C(=O)CN(c1ccc2c(c1)OCCO2)S(C)(=O)=O. The van der Waals surface area contributed by atoms with E-state index in [1.165, 1.54) is 11.9 Å². The Hall–Kier alpha value is -3.27. The molecule has 1 atom stereocenters. The number of fused-ring (bicyclic) bond motifs is 1. The van der Waals surface area contributed by atoms with E-state index in [0.717, 1.165) is 16.1 Å². The molecule has 178 valence electrons. The second-order valence-electron chi connectivity index (χ2n) is 7.71. The first-order valence-corrected chi connectivity index (χ1v) is 12.5. The van der Waals surface area contributed by atoms with E-state index in [1.807, 2.05) is 30.3 Å². The normalized spacial score (nSPS) is 13.7. The van der Waals surface area contributed by atoms with Gasteiger partial charge in [0, 0.05) is 19.7 Å². The fraction of sp³-hybridized carbons (Fsp3) is 0.391. The summed E-state index contributed by atoms with van der Waals surface area (Å²) < 4.78 is 37.3. The van der Waals surface area contributed by atoms with E-state index in [1.54, 1.807) is 25.1 Å². The summed E-state index contributed by atoms with van der Waals surface area (Å²) in [6.07, 6.45) is 1.56. The fourth-order valence-corrected chi connectivity index (χ4v) is 4.42. The lowest BCUT2D eigenvalue weighted by Gasteiger charge is -2.31. The highest BCUT2D eigenvalue weighted by Gasteiger charge is 2.30. The monoisotopic (exact) mass is 475 g/mol. The predicted octanol–water partition coefficient (Wildman–Crippen LogP) is 1.43. The molecule has 1 N–H and O–H groups in total. The van der Waals surface area contributed by atoms with Crippen LogP contribution in [0.4, 0.5) is 5.69 Å². The van der Waals surface area contributed by atoms with Crippen LogP contribution in [0.5, 0.6) is 11.5 Å². The second-order valence-corrected chi connectivity index (χ2v) is 9.62. The summed E-state index contributed by atoms with van der Waals surface area (Å²) in [5, 5.41) is 2.55. The van der Waals surface area contributed by atoms with Crippen molar-refractivity contribution >= 4 is 27.5 Å². The molecule has 0 unspecified atom stereocenters. The van der Waals surface area contributed by atoms with Crippen molar-refractivity contribution in [3.63, 3.8) is 0 Å². The third kappa shape index (κ3) is 6.16. The fourth-order valence-electron chi connectivity index (χ4n) is 3.58. The number of amides is 2. The van der Waals surface area contributed by atoms with Gasteiger partial charge in [0.25, 0.3) is 0 Å². The zero-order valence-electron chi connectivity index (χ0n) is 19.0. The van der Waals surface area contributed by atoms with Gasteiger partial charge in [0.2, 0.25) is 21.8 Å².